The Labute approximate surface area is 169 Å². The molecule has 3 heterocycles. The quantitative estimate of drug-likeness (QED) is 0.697. The Balaban J connectivity index is 1.49. The van der Waals surface area contributed by atoms with E-state index in [0.717, 1.165) is 22.6 Å². The van der Waals surface area contributed by atoms with Gasteiger partial charge in [0.05, 0.1) is 35.8 Å². The normalized spacial score (nSPS) is 18.0. The lowest BCUT2D eigenvalue weighted by Gasteiger charge is -2.24. The number of hydrogen-bond acceptors (Lipinski definition) is 4. The number of fused-ring (bicyclic) bond motifs is 1. The second-order valence-corrected chi connectivity index (χ2v) is 8.00. The summed E-state index contributed by atoms with van der Waals surface area (Å²) < 4.78 is 7.36. The summed E-state index contributed by atoms with van der Waals surface area (Å²) in [4.78, 5) is 31.8. The van der Waals surface area contributed by atoms with E-state index in [-0.39, 0.29) is 36.1 Å². The van der Waals surface area contributed by atoms with Gasteiger partial charge in [-0.2, -0.15) is 0 Å². The predicted octanol–water partition coefficient (Wildman–Crippen LogP) is 3.03. The van der Waals surface area contributed by atoms with Crippen LogP contribution < -0.4 is 5.32 Å². The molecule has 29 heavy (non-hydrogen) atoms. The molecule has 4 rings (SSSR count). The predicted molar refractivity (Wildman–Crippen MR) is 109 cm³/mol. The van der Waals surface area contributed by atoms with E-state index in [2.05, 4.69) is 19.2 Å². The van der Waals surface area contributed by atoms with Gasteiger partial charge in [0.15, 0.2) is 0 Å². The molecule has 1 aromatic carbocycles. The van der Waals surface area contributed by atoms with E-state index in [9.17, 15) is 9.59 Å². The van der Waals surface area contributed by atoms with Gasteiger partial charge in [0, 0.05) is 20.0 Å². The first-order valence-electron chi connectivity index (χ1n) is 9.96. The Morgan fingerprint density at radius 2 is 2.07 bits per heavy atom. The molecule has 2 aromatic heterocycles. The minimum Gasteiger partial charge on any atom is -0.467 e. The van der Waals surface area contributed by atoms with Gasteiger partial charge in [-0.25, -0.2) is 4.98 Å². The number of imidazole rings is 1. The molecular formula is C22H26N4O3. The van der Waals surface area contributed by atoms with E-state index in [1.165, 1.54) is 0 Å². The van der Waals surface area contributed by atoms with Crippen molar-refractivity contribution in [3.63, 3.8) is 0 Å². The van der Waals surface area contributed by atoms with Crippen molar-refractivity contribution in [1.82, 2.24) is 19.8 Å². The molecule has 0 unspecified atom stereocenters. The Hall–Kier alpha value is -3.09. The molecule has 152 valence electrons. The van der Waals surface area contributed by atoms with Gasteiger partial charge in [-0.1, -0.05) is 26.0 Å². The fourth-order valence-electron chi connectivity index (χ4n) is 3.93. The maximum Gasteiger partial charge on any atom is 0.226 e. The van der Waals surface area contributed by atoms with Gasteiger partial charge in [-0.15, -0.1) is 0 Å². The average Bonchev–Trinajstić information content (AvgIpc) is 3.41. The van der Waals surface area contributed by atoms with Crippen LogP contribution in [-0.2, 0) is 23.2 Å². The zero-order valence-electron chi connectivity index (χ0n) is 17.0. The number of carbonyl (C=O) groups excluding carboxylic acids is 2. The number of nitrogens with zero attached hydrogens (tertiary/aromatic N) is 3. The first kappa shape index (κ1) is 19.2. The zero-order valence-corrected chi connectivity index (χ0v) is 17.0. The number of rotatable bonds is 6. The van der Waals surface area contributed by atoms with Gasteiger partial charge in [0.25, 0.3) is 0 Å². The second kappa shape index (κ2) is 7.73. The number of likely N-dealkylation sites (tertiary alicyclic amines) is 1. The smallest absolute Gasteiger partial charge is 0.226 e. The lowest BCUT2D eigenvalue weighted by atomic mass is 10.0. The third-order valence-corrected chi connectivity index (χ3v) is 5.58. The molecule has 0 bridgehead atoms. The molecule has 1 fully saturated rings. The molecule has 1 aliphatic heterocycles. The van der Waals surface area contributed by atoms with Crippen molar-refractivity contribution in [1.29, 1.82) is 0 Å². The molecule has 2 atom stereocenters. The molecule has 1 N–H and O–H groups in total. The summed E-state index contributed by atoms with van der Waals surface area (Å²) in [5.41, 5.74) is 1.94. The Bertz CT molecular complexity index is 1020. The number of amides is 2. The highest BCUT2D eigenvalue weighted by Gasteiger charge is 2.36. The van der Waals surface area contributed by atoms with E-state index in [1.807, 2.05) is 41.9 Å². The maximum absolute atomic E-state index is 13.0. The first-order valence-corrected chi connectivity index (χ1v) is 9.96. The highest BCUT2D eigenvalue weighted by atomic mass is 16.3. The number of hydrogen-bond donors (Lipinski definition) is 1. The molecule has 7 nitrogen and oxygen atoms in total. The fraction of sp³-hybridized carbons (Fsp3) is 0.409. The van der Waals surface area contributed by atoms with Gasteiger partial charge in [0.2, 0.25) is 11.8 Å². The number of para-hydroxylation sites is 2. The lowest BCUT2D eigenvalue weighted by molar-refractivity contribution is -0.129. The van der Waals surface area contributed by atoms with Gasteiger partial charge < -0.3 is 19.2 Å². The van der Waals surface area contributed by atoms with E-state index >= 15 is 0 Å². The van der Waals surface area contributed by atoms with Crippen LogP contribution in [0.15, 0.2) is 47.1 Å². The van der Waals surface area contributed by atoms with Crippen LogP contribution >= 0.6 is 0 Å². The monoisotopic (exact) mass is 394 g/mol. The van der Waals surface area contributed by atoms with Crippen LogP contribution in [-0.4, -0.2) is 32.8 Å². The van der Waals surface area contributed by atoms with Crippen molar-refractivity contribution in [2.24, 2.45) is 18.9 Å². The minimum atomic E-state index is -0.367. The highest BCUT2D eigenvalue weighted by molar-refractivity contribution is 5.89. The van der Waals surface area contributed by atoms with Gasteiger partial charge in [-0.3, -0.25) is 9.59 Å². The van der Waals surface area contributed by atoms with Crippen LogP contribution in [0.25, 0.3) is 11.0 Å². The van der Waals surface area contributed by atoms with Crippen LogP contribution in [0.5, 0.6) is 0 Å². The zero-order chi connectivity index (χ0) is 20.5. The second-order valence-electron chi connectivity index (χ2n) is 8.00. The fourth-order valence-corrected chi connectivity index (χ4v) is 3.93. The summed E-state index contributed by atoms with van der Waals surface area (Å²) in [6.45, 7) is 4.92. The van der Waals surface area contributed by atoms with Crippen molar-refractivity contribution >= 4 is 22.8 Å². The minimum absolute atomic E-state index is 0.0228. The van der Waals surface area contributed by atoms with Crippen LogP contribution in [0, 0.1) is 11.8 Å². The summed E-state index contributed by atoms with van der Waals surface area (Å²) in [7, 11) is 1.97. The lowest BCUT2D eigenvalue weighted by Crippen LogP contribution is -2.38. The Morgan fingerprint density at radius 1 is 1.28 bits per heavy atom. The SMILES string of the molecule is CC(C)[C@@H](NC(=O)[C@H]1CC(=O)N(Cc2ccco2)C1)c1nc2ccccc2n1C. The van der Waals surface area contributed by atoms with Crippen LogP contribution in [0.3, 0.4) is 0 Å². The van der Waals surface area contributed by atoms with Gasteiger partial charge in [0.1, 0.15) is 11.6 Å². The van der Waals surface area contributed by atoms with E-state index in [4.69, 9.17) is 9.40 Å². The average molecular weight is 394 g/mol. The molecule has 2 amide bonds. The molecule has 0 radical (unpaired) electrons. The first-order chi connectivity index (χ1) is 13.9. The molecule has 0 saturated carbocycles. The maximum atomic E-state index is 13.0. The largest absolute Gasteiger partial charge is 0.467 e. The van der Waals surface area contributed by atoms with E-state index < -0.39 is 0 Å². The summed E-state index contributed by atoms with van der Waals surface area (Å²) >= 11 is 0. The third-order valence-electron chi connectivity index (χ3n) is 5.58. The number of nitrogens with one attached hydrogen (secondary N) is 1. The topological polar surface area (TPSA) is 80.4 Å². The molecule has 0 aliphatic carbocycles. The number of aryl methyl sites for hydroxylation is 1. The van der Waals surface area contributed by atoms with E-state index in [1.54, 1.807) is 17.2 Å². The molecular weight excluding hydrogens is 368 g/mol. The Kier molecular flexibility index (Phi) is 5.13. The molecule has 0 spiro atoms. The third kappa shape index (κ3) is 3.77. The van der Waals surface area contributed by atoms with Gasteiger partial charge in [-0.05, 0) is 30.2 Å². The van der Waals surface area contributed by atoms with Crippen molar-refractivity contribution in [2.45, 2.75) is 32.9 Å². The van der Waals surface area contributed by atoms with Crippen LogP contribution in [0.1, 0.15) is 37.9 Å². The van der Waals surface area contributed by atoms with Crippen molar-refractivity contribution in [3.05, 3.63) is 54.2 Å². The summed E-state index contributed by atoms with van der Waals surface area (Å²) in [6, 6.07) is 11.3. The highest BCUT2D eigenvalue weighted by Crippen LogP contribution is 2.27. The standard InChI is InChI=1S/C22H26N4O3/c1-14(2)20(21-23-17-8-4-5-9-18(17)25(21)3)24-22(28)15-11-19(27)26(12-15)13-16-7-6-10-29-16/h4-10,14-15,20H,11-13H2,1-3H3,(H,24,28)/t15-,20+/m0/s1. The van der Waals surface area contributed by atoms with Crippen LogP contribution in [0.4, 0.5) is 0 Å². The molecule has 1 saturated heterocycles. The van der Waals surface area contributed by atoms with Crippen molar-refractivity contribution in [2.75, 3.05) is 6.54 Å². The summed E-state index contributed by atoms with van der Waals surface area (Å²) in [6.07, 6.45) is 1.81. The molecule has 3 aromatic rings. The number of furan rings is 1. The number of carbonyl (C=O) groups is 2. The summed E-state index contributed by atoms with van der Waals surface area (Å²) in [5.74, 6) is 1.21. The number of benzene rings is 1. The molecule has 1 aliphatic rings. The van der Waals surface area contributed by atoms with E-state index in [0.29, 0.717) is 13.1 Å². The molecule has 7 heteroatoms. The summed E-state index contributed by atoms with van der Waals surface area (Å²) in [5, 5.41) is 3.15. The van der Waals surface area contributed by atoms with Crippen LogP contribution in [0.2, 0.25) is 0 Å². The van der Waals surface area contributed by atoms with Crippen molar-refractivity contribution < 1.29 is 14.0 Å². The Morgan fingerprint density at radius 3 is 2.76 bits per heavy atom. The van der Waals surface area contributed by atoms with Gasteiger partial charge >= 0.3 is 0 Å². The number of aromatic nitrogens is 2. The van der Waals surface area contributed by atoms with Crippen molar-refractivity contribution in [3.8, 4) is 0 Å².